The van der Waals surface area contributed by atoms with Crippen LogP contribution in [-0.2, 0) is 15.6 Å². The molecule has 1 saturated heterocycles. The molecule has 1 amide bonds. The van der Waals surface area contributed by atoms with Gasteiger partial charge in [-0.15, -0.1) is 0 Å². The maximum Gasteiger partial charge on any atom is 0.234 e. The Morgan fingerprint density at radius 2 is 1.60 bits per heavy atom. The van der Waals surface area contributed by atoms with Crippen molar-refractivity contribution in [2.24, 2.45) is 0 Å². The number of β-amino-alcohol motifs (C(OH)–C–C–N with tert-alkyl or cyclic N) is 1. The second kappa shape index (κ2) is 9.16. The minimum Gasteiger partial charge on any atom is -0.395 e. The van der Waals surface area contributed by atoms with Crippen LogP contribution in [0.3, 0.4) is 0 Å². The van der Waals surface area contributed by atoms with E-state index < -0.39 is 0 Å². The van der Waals surface area contributed by atoms with Gasteiger partial charge in [0.1, 0.15) is 0 Å². The van der Waals surface area contributed by atoms with E-state index in [0.29, 0.717) is 12.1 Å². The summed E-state index contributed by atoms with van der Waals surface area (Å²) in [4.78, 5) is 27.3. The van der Waals surface area contributed by atoms with Crippen molar-refractivity contribution < 1.29 is 14.7 Å². The van der Waals surface area contributed by atoms with E-state index in [2.05, 4.69) is 50.2 Å². The molecule has 0 saturated carbocycles. The van der Waals surface area contributed by atoms with Gasteiger partial charge in [0.25, 0.3) is 0 Å². The van der Waals surface area contributed by atoms with Gasteiger partial charge in [-0.2, -0.15) is 0 Å². The maximum absolute atomic E-state index is 12.8. The van der Waals surface area contributed by atoms with Crippen LogP contribution in [0.2, 0.25) is 0 Å². The van der Waals surface area contributed by atoms with Gasteiger partial charge in [-0.3, -0.25) is 19.9 Å². The molecule has 0 aromatic heterocycles. The maximum atomic E-state index is 12.8. The molecule has 1 aliphatic heterocycles. The molecule has 1 aromatic rings. The SMILES string of the molecule is CC1(C)CCC(C)(C)c2cc(C(=O)CCC(=O)NN3CCN(CCO)CC3)ccc21. The van der Waals surface area contributed by atoms with Gasteiger partial charge in [0, 0.05) is 51.1 Å². The van der Waals surface area contributed by atoms with E-state index >= 15 is 0 Å². The molecule has 0 unspecified atom stereocenters. The van der Waals surface area contributed by atoms with Crippen molar-refractivity contribution >= 4 is 11.7 Å². The second-order valence-electron chi connectivity index (χ2n) is 10.0. The van der Waals surface area contributed by atoms with Gasteiger partial charge >= 0.3 is 0 Å². The van der Waals surface area contributed by atoms with E-state index in [1.807, 2.05) is 11.1 Å². The van der Waals surface area contributed by atoms with Crippen molar-refractivity contribution in [2.45, 2.75) is 64.2 Å². The first-order chi connectivity index (χ1) is 14.1. The first-order valence-electron chi connectivity index (χ1n) is 11.2. The quantitative estimate of drug-likeness (QED) is 0.670. The van der Waals surface area contributed by atoms with Gasteiger partial charge in [0.2, 0.25) is 5.91 Å². The van der Waals surface area contributed by atoms with Crippen LogP contribution in [-0.4, -0.2) is 66.0 Å². The van der Waals surface area contributed by atoms with Gasteiger partial charge in [-0.1, -0.05) is 39.8 Å². The minimum absolute atomic E-state index is 0.0277. The number of hydrogen-bond donors (Lipinski definition) is 2. The van der Waals surface area contributed by atoms with Gasteiger partial charge in [-0.25, -0.2) is 5.01 Å². The summed E-state index contributed by atoms with van der Waals surface area (Å²) in [6, 6.07) is 6.12. The molecule has 1 aliphatic carbocycles. The summed E-state index contributed by atoms with van der Waals surface area (Å²) in [5, 5.41) is 10.9. The highest BCUT2D eigenvalue weighted by atomic mass is 16.3. The second-order valence-corrected chi connectivity index (χ2v) is 10.0. The number of carbonyl (C=O) groups is 2. The normalized spacial score (nSPS) is 21.1. The number of aliphatic hydroxyl groups is 1. The number of rotatable bonds is 7. The van der Waals surface area contributed by atoms with E-state index in [0.717, 1.165) is 39.0 Å². The number of ketones is 1. The number of nitrogens with zero attached hydrogens (tertiary/aromatic N) is 2. The van der Waals surface area contributed by atoms with E-state index in [-0.39, 0.29) is 42.0 Å². The molecule has 6 heteroatoms. The third kappa shape index (κ3) is 5.29. The van der Waals surface area contributed by atoms with Gasteiger partial charge in [-0.05, 0) is 40.9 Å². The fraction of sp³-hybridized carbons (Fsp3) is 0.667. The van der Waals surface area contributed by atoms with E-state index in [1.165, 1.54) is 11.1 Å². The molecule has 2 aliphatic rings. The van der Waals surface area contributed by atoms with Crippen LogP contribution in [0.15, 0.2) is 18.2 Å². The van der Waals surface area contributed by atoms with Gasteiger partial charge in [0.15, 0.2) is 5.78 Å². The molecular weight excluding hydrogens is 378 g/mol. The zero-order valence-electron chi connectivity index (χ0n) is 19.0. The molecule has 30 heavy (non-hydrogen) atoms. The standard InChI is InChI=1S/C24H37N3O3/c1-23(2)9-10-24(3,4)20-17-18(5-6-19(20)23)21(29)7-8-22(30)25-27-13-11-26(12-14-27)15-16-28/h5-6,17,28H,7-16H2,1-4H3,(H,25,30). The summed E-state index contributed by atoms with van der Waals surface area (Å²) in [7, 11) is 0. The zero-order valence-corrected chi connectivity index (χ0v) is 19.0. The lowest BCUT2D eigenvalue weighted by Crippen LogP contribution is -2.53. The molecule has 3 rings (SSSR count). The minimum atomic E-state index is -0.113. The van der Waals surface area contributed by atoms with Crippen LogP contribution in [0.1, 0.15) is 74.9 Å². The highest BCUT2D eigenvalue weighted by molar-refractivity contribution is 5.98. The number of nitrogens with one attached hydrogen (secondary N) is 1. The van der Waals surface area contributed by atoms with Crippen molar-refractivity contribution in [1.82, 2.24) is 15.3 Å². The predicted octanol–water partition coefficient (Wildman–Crippen LogP) is 2.64. The molecule has 1 aromatic carbocycles. The largest absolute Gasteiger partial charge is 0.395 e. The Balaban J connectivity index is 1.55. The summed E-state index contributed by atoms with van der Waals surface area (Å²) < 4.78 is 0. The molecule has 6 nitrogen and oxygen atoms in total. The third-order valence-corrected chi connectivity index (χ3v) is 6.83. The first-order valence-corrected chi connectivity index (χ1v) is 11.2. The van der Waals surface area contributed by atoms with Crippen molar-refractivity contribution in [1.29, 1.82) is 0 Å². The van der Waals surface area contributed by atoms with Crippen LogP contribution in [0.4, 0.5) is 0 Å². The summed E-state index contributed by atoms with van der Waals surface area (Å²) in [5.74, 6) is -0.0849. The Hall–Kier alpha value is -1.76. The van der Waals surface area contributed by atoms with Crippen molar-refractivity contribution in [3.8, 4) is 0 Å². The lowest BCUT2D eigenvalue weighted by atomic mass is 9.63. The lowest BCUT2D eigenvalue weighted by molar-refractivity contribution is -0.126. The zero-order chi connectivity index (χ0) is 21.9. The van der Waals surface area contributed by atoms with Crippen molar-refractivity contribution in [3.05, 3.63) is 34.9 Å². The average Bonchev–Trinajstić information content (AvgIpc) is 2.71. The summed E-state index contributed by atoms with van der Waals surface area (Å²) in [6.45, 7) is 13.0. The van der Waals surface area contributed by atoms with Crippen LogP contribution in [0.5, 0.6) is 0 Å². The highest BCUT2D eigenvalue weighted by Gasteiger charge is 2.37. The van der Waals surface area contributed by atoms with Crippen LogP contribution >= 0.6 is 0 Å². The lowest BCUT2D eigenvalue weighted by Gasteiger charge is -2.42. The predicted molar refractivity (Wildman–Crippen MR) is 119 cm³/mol. The Morgan fingerprint density at radius 3 is 2.23 bits per heavy atom. The number of hydrazine groups is 1. The number of aliphatic hydroxyl groups excluding tert-OH is 1. The topological polar surface area (TPSA) is 72.9 Å². The van der Waals surface area contributed by atoms with E-state index in [1.54, 1.807) is 0 Å². The summed E-state index contributed by atoms with van der Waals surface area (Å²) in [5.41, 5.74) is 6.44. The molecule has 166 valence electrons. The fourth-order valence-corrected chi connectivity index (χ4v) is 4.59. The number of fused-ring (bicyclic) bond motifs is 1. The van der Waals surface area contributed by atoms with E-state index in [9.17, 15) is 9.59 Å². The number of piperazine rings is 1. The molecule has 2 N–H and O–H groups in total. The fourth-order valence-electron chi connectivity index (χ4n) is 4.59. The molecule has 1 fully saturated rings. The number of amides is 1. The number of hydrogen-bond acceptors (Lipinski definition) is 5. The molecular formula is C24H37N3O3. The number of benzene rings is 1. The Labute approximate surface area is 180 Å². The molecule has 0 radical (unpaired) electrons. The van der Waals surface area contributed by atoms with Crippen LogP contribution < -0.4 is 5.43 Å². The Bertz CT molecular complexity index is 780. The number of carbonyl (C=O) groups excluding carboxylic acids is 2. The summed E-state index contributed by atoms with van der Waals surface area (Å²) in [6.07, 6.45) is 2.67. The average molecular weight is 416 g/mol. The Kier molecular flexibility index (Phi) is 7.00. The van der Waals surface area contributed by atoms with Crippen LogP contribution in [0, 0.1) is 0 Å². The Morgan fingerprint density at radius 1 is 0.967 bits per heavy atom. The molecule has 0 atom stereocenters. The van der Waals surface area contributed by atoms with Crippen molar-refractivity contribution in [3.63, 3.8) is 0 Å². The monoisotopic (exact) mass is 415 g/mol. The van der Waals surface area contributed by atoms with Crippen LogP contribution in [0.25, 0.3) is 0 Å². The summed E-state index contributed by atoms with van der Waals surface area (Å²) >= 11 is 0. The number of Topliss-reactive ketones (excluding diaryl/α,β-unsaturated/α-hetero) is 1. The smallest absolute Gasteiger partial charge is 0.234 e. The third-order valence-electron chi connectivity index (χ3n) is 6.83. The highest BCUT2D eigenvalue weighted by Crippen LogP contribution is 2.45. The van der Waals surface area contributed by atoms with Gasteiger partial charge < -0.3 is 5.11 Å². The first kappa shape index (κ1) is 22.9. The van der Waals surface area contributed by atoms with Crippen molar-refractivity contribution in [2.75, 3.05) is 39.3 Å². The molecule has 0 spiro atoms. The molecule has 1 heterocycles. The van der Waals surface area contributed by atoms with Gasteiger partial charge in [0.05, 0.1) is 6.61 Å². The van der Waals surface area contributed by atoms with E-state index in [4.69, 9.17) is 5.11 Å². The molecule has 0 bridgehead atoms.